The largest absolute Gasteiger partial charge is 0.487 e. The molecule has 1 aromatic heterocycles. The number of carbonyl (C=O) groups is 2. The number of rotatable bonds is 5. The van der Waals surface area contributed by atoms with E-state index in [9.17, 15) is 19.5 Å². The number of carboxylic acids is 1. The van der Waals surface area contributed by atoms with Crippen LogP contribution >= 0.6 is 0 Å². The number of hydrogen-bond donors (Lipinski definition) is 1. The Balaban J connectivity index is 2.33. The summed E-state index contributed by atoms with van der Waals surface area (Å²) in [6.07, 6.45) is -0.783. The van der Waals surface area contributed by atoms with Crippen LogP contribution in [-0.2, 0) is 9.53 Å². The van der Waals surface area contributed by atoms with Crippen molar-refractivity contribution in [2.24, 2.45) is 0 Å². The molecule has 0 aliphatic rings. The Bertz CT molecular complexity index is 1140. The van der Waals surface area contributed by atoms with Crippen LogP contribution in [0.4, 0.5) is 0 Å². The van der Waals surface area contributed by atoms with Crippen LogP contribution in [-0.4, -0.2) is 23.1 Å². The fourth-order valence-electron chi connectivity index (χ4n) is 2.98. The monoisotopic (exact) mass is 384 g/mol. The number of benzene rings is 2. The maximum Gasteiger partial charge on any atom is 0.335 e. The van der Waals surface area contributed by atoms with Crippen molar-refractivity contribution in [1.29, 1.82) is 0 Å². The molecule has 0 fully saturated rings. The van der Waals surface area contributed by atoms with Crippen LogP contribution < -0.4 is 10.2 Å². The second-order valence-electron chi connectivity index (χ2n) is 6.76. The summed E-state index contributed by atoms with van der Waals surface area (Å²) in [7, 11) is 0. The van der Waals surface area contributed by atoms with E-state index < -0.39 is 18.0 Å². The van der Waals surface area contributed by atoms with Gasteiger partial charge in [-0.3, -0.25) is 9.59 Å². The molecule has 1 unspecified atom stereocenters. The van der Waals surface area contributed by atoms with E-state index >= 15 is 0 Å². The highest BCUT2D eigenvalue weighted by molar-refractivity contribution is 5.97. The van der Waals surface area contributed by atoms with Gasteiger partial charge in [0.2, 0.25) is 5.43 Å². The molecule has 2 aromatic carbocycles. The van der Waals surface area contributed by atoms with Gasteiger partial charge >= 0.3 is 11.9 Å². The zero-order valence-electron chi connectivity index (χ0n) is 15.9. The van der Waals surface area contributed by atoms with Gasteiger partial charge in [-0.1, -0.05) is 0 Å². The zero-order chi connectivity index (χ0) is 20.6. The number of hydrogen-bond acceptors (Lipinski definition) is 6. The van der Waals surface area contributed by atoms with E-state index in [1.54, 1.807) is 19.1 Å². The van der Waals surface area contributed by atoms with Crippen molar-refractivity contribution >= 4 is 33.9 Å². The van der Waals surface area contributed by atoms with Gasteiger partial charge in [-0.2, -0.15) is 0 Å². The standard InChI is InChI=1S/C21H20O7/c1-10(2)26-18-9-14(11(3)27-12(4)22)8-16-19(23)15-7-13(21(24)25)5-6-17(15)28-20(16)18/h5-11H,1-4H3,(H,24,25). The molecule has 0 saturated heterocycles. The molecule has 0 radical (unpaired) electrons. The Morgan fingerprint density at radius 2 is 1.79 bits per heavy atom. The number of fused-ring (bicyclic) bond motifs is 2. The summed E-state index contributed by atoms with van der Waals surface area (Å²) >= 11 is 0. The molecule has 3 rings (SSSR count). The van der Waals surface area contributed by atoms with Gasteiger partial charge in [0.25, 0.3) is 0 Å². The topological polar surface area (TPSA) is 103 Å². The third-order valence-electron chi connectivity index (χ3n) is 4.18. The summed E-state index contributed by atoms with van der Waals surface area (Å²) in [5.74, 6) is -1.24. The highest BCUT2D eigenvalue weighted by atomic mass is 16.5. The molecule has 0 amide bonds. The van der Waals surface area contributed by atoms with Crippen molar-refractivity contribution in [3.05, 3.63) is 51.7 Å². The van der Waals surface area contributed by atoms with Crippen molar-refractivity contribution in [2.45, 2.75) is 39.9 Å². The summed E-state index contributed by atoms with van der Waals surface area (Å²) in [5, 5.41) is 9.57. The van der Waals surface area contributed by atoms with Crippen LogP contribution in [0.2, 0.25) is 0 Å². The first-order chi connectivity index (χ1) is 13.2. The number of aromatic carboxylic acids is 1. The highest BCUT2D eigenvalue weighted by Gasteiger charge is 2.19. The van der Waals surface area contributed by atoms with Crippen molar-refractivity contribution in [3.63, 3.8) is 0 Å². The van der Waals surface area contributed by atoms with Gasteiger partial charge in [-0.15, -0.1) is 0 Å². The van der Waals surface area contributed by atoms with Crippen LogP contribution in [0.25, 0.3) is 21.9 Å². The van der Waals surface area contributed by atoms with E-state index in [0.717, 1.165) is 0 Å². The Morgan fingerprint density at radius 3 is 2.39 bits per heavy atom. The van der Waals surface area contributed by atoms with E-state index in [4.69, 9.17) is 13.9 Å². The SMILES string of the molecule is CC(=O)OC(C)c1cc(OC(C)C)c2oc3ccc(C(=O)O)cc3c(=O)c2c1. The average molecular weight is 384 g/mol. The minimum absolute atomic E-state index is 0.0118. The number of carboxylic acid groups (broad SMARTS) is 1. The zero-order valence-corrected chi connectivity index (χ0v) is 15.9. The lowest BCUT2D eigenvalue weighted by Gasteiger charge is -2.17. The first-order valence-corrected chi connectivity index (χ1v) is 8.79. The third kappa shape index (κ3) is 3.69. The highest BCUT2D eigenvalue weighted by Crippen LogP contribution is 2.33. The Kier molecular flexibility index (Phi) is 5.09. The van der Waals surface area contributed by atoms with Crippen molar-refractivity contribution < 1.29 is 28.6 Å². The average Bonchev–Trinajstić information content (AvgIpc) is 2.61. The molecule has 1 atom stereocenters. The predicted molar refractivity (Wildman–Crippen MR) is 103 cm³/mol. The normalized spacial score (nSPS) is 12.3. The molecule has 7 nitrogen and oxygen atoms in total. The maximum absolute atomic E-state index is 13.1. The first-order valence-electron chi connectivity index (χ1n) is 8.79. The second-order valence-corrected chi connectivity index (χ2v) is 6.76. The third-order valence-corrected chi connectivity index (χ3v) is 4.18. The number of carbonyl (C=O) groups excluding carboxylic acids is 1. The summed E-state index contributed by atoms with van der Waals surface area (Å²) < 4.78 is 16.9. The molecule has 28 heavy (non-hydrogen) atoms. The van der Waals surface area contributed by atoms with Crippen LogP contribution in [0.15, 0.2) is 39.5 Å². The van der Waals surface area contributed by atoms with E-state index in [1.807, 2.05) is 13.8 Å². The molecule has 0 aliphatic carbocycles. The van der Waals surface area contributed by atoms with Gasteiger partial charge in [0.05, 0.1) is 22.4 Å². The lowest BCUT2D eigenvalue weighted by molar-refractivity contribution is -0.145. The van der Waals surface area contributed by atoms with Gasteiger partial charge in [0, 0.05) is 6.92 Å². The molecule has 0 saturated carbocycles. The number of ether oxygens (including phenoxy) is 2. The second kappa shape index (κ2) is 7.34. The first kappa shape index (κ1) is 19.4. The molecular formula is C21H20O7. The minimum atomic E-state index is -1.14. The van der Waals surface area contributed by atoms with Crippen molar-refractivity contribution in [1.82, 2.24) is 0 Å². The molecular weight excluding hydrogens is 364 g/mol. The van der Waals surface area contributed by atoms with E-state index in [0.29, 0.717) is 11.3 Å². The Morgan fingerprint density at radius 1 is 1.07 bits per heavy atom. The van der Waals surface area contributed by atoms with E-state index in [2.05, 4.69) is 0 Å². The summed E-state index contributed by atoms with van der Waals surface area (Å²) in [6.45, 7) is 6.67. The molecule has 146 valence electrons. The smallest absolute Gasteiger partial charge is 0.335 e. The van der Waals surface area contributed by atoms with Crippen molar-refractivity contribution in [3.8, 4) is 5.75 Å². The van der Waals surface area contributed by atoms with Crippen molar-refractivity contribution in [2.75, 3.05) is 0 Å². The summed E-state index contributed by atoms with van der Waals surface area (Å²) in [5.41, 5.74) is 0.691. The molecule has 0 spiro atoms. The number of esters is 1. The predicted octanol–water partition coefficient (Wildman–Crippen LogP) is 4.06. The molecule has 1 heterocycles. The molecule has 3 aromatic rings. The Labute approximate surface area is 160 Å². The van der Waals surface area contributed by atoms with Crippen LogP contribution in [0.1, 0.15) is 49.7 Å². The Hall–Kier alpha value is -3.35. The van der Waals surface area contributed by atoms with Crippen LogP contribution in [0.3, 0.4) is 0 Å². The van der Waals surface area contributed by atoms with Gasteiger partial charge < -0.3 is 19.0 Å². The van der Waals surface area contributed by atoms with E-state index in [1.165, 1.54) is 25.1 Å². The van der Waals surface area contributed by atoms with Gasteiger partial charge in [-0.25, -0.2) is 4.79 Å². The lowest BCUT2D eigenvalue weighted by atomic mass is 10.0. The molecule has 0 bridgehead atoms. The quantitative estimate of drug-likeness (QED) is 0.523. The fraction of sp³-hybridized carbons (Fsp3) is 0.286. The minimum Gasteiger partial charge on any atom is -0.487 e. The summed E-state index contributed by atoms with van der Waals surface area (Å²) in [6, 6.07) is 7.37. The van der Waals surface area contributed by atoms with Gasteiger partial charge in [0.1, 0.15) is 11.7 Å². The lowest BCUT2D eigenvalue weighted by Crippen LogP contribution is -2.11. The van der Waals surface area contributed by atoms with Gasteiger partial charge in [-0.05, 0) is 56.7 Å². The van der Waals surface area contributed by atoms with Gasteiger partial charge in [0.15, 0.2) is 11.3 Å². The van der Waals surface area contributed by atoms with Crippen LogP contribution in [0.5, 0.6) is 5.75 Å². The van der Waals surface area contributed by atoms with E-state index in [-0.39, 0.29) is 39.0 Å². The van der Waals surface area contributed by atoms with Crippen LogP contribution in [0, 0.1) is 0 Å². The molecule has 0 aliphatic heterocycles. The maximum atomic E-state index is 13.1. The molecule has 1 N–H and O–H groups in total. The fourth-order valence-corrected chi connectivity index (χ4v) is 2.98. The summed E-state index contributed by atoms with van der Waals surface area (Å²) in [4.78, 5) is 35.6. The molecule has 7 heteroatoms.